The minimum Gasteiger partial charge on any atom is -0.492 e. The van der Waals surface area contributed by atoms with E-state index in [0.717, 1.165) is 16.7 Å². The molecular weight excluding hydrogens is 380 g/mol. The van der Waals surface area contributed by atoms with Gasteiger partial charge in [-0.3, -0.25) is 14.6 Å². The molecule has 0 unspecified atom stereocenters. The highest BCUT2D eigenvalue weighted by Gasteiger charge is 2.24. The van der Waals surface area contributed by atoms with Crippen molar-refractivity contribution in [1.29, 1.82) is 0 Å². The predicted molar refractivity (Wildman–Crippen MR) is 112 cm³/mol. The lowest BCUT2D eigenvalue weighted by Gasteiger charge is -2.24. The molecule has 1 aliphatic heterocycles. The third-order valence-corrected chi connectivity index (χ3v) is 5.16. The van der Waals surface area contributed by atoms with Crippen molar-refractivity contribution in [2.24, 2.45) is 5.73 Å². The molecule has 0 bridgehead atoms. The van der Waals surface area contributed by atoms with E-state index in [0.29, 0.717) is 42.1 Å². The number of ketones is 1. The van der Waals surface area contributed by atoms with Crippen molar-refractivity contribution < 1.29 is 19.1 Å². The van der Waals surface area contributed by atoms with E-state index in [-0.39, 0.29) is 5.78 Å². The minimum absolute atomic E-state index is 0.104. The van der Waals surface area contributed by atoms with Gasteiger partial charge in [0.1, 0.15) is 17.6 Å². The van der Waals surface area contributed by atoms with E-state index in [2.05, 4.69) is 4.98 Å². The zero-order valence-corrected chi connectivity index (χ0v) is 16.6. The van der Waals surface area contributed by atoms with Gasteiger partial charge in [0, 0.05) is 30.4 Å². The lowest BCUT2D eigenvalue weighted by Crippen LogP contribution is -2.18. The van der Waals surface area contributed by atoms with Gasteiger partial charge in [0.2, 0.25) is 5.91 Å². The average molecular weight is 402 g/mol. The molecule has 2 N–H and O–H groups in total. The van der Waals surface area contributed by atoms with Crippen LogP contribution >= 0.6 is 0 Å². The Kier molecular flexibility index (Phi) is 5.48. The maximum atomic E-state index is 12.4. The van der Waals surface area contributed by atoms with Gasteiger partial charge in [-0.05, 0) is 53.4 Å². The number of nitrogens with two attached hydrogens (primary N) is 1. The van der Waals surface area contributed by atoms with Gasteiger partial charge in [-0.2, -0.15) is 0 Å². The van der Waals surface area contributed by atoms with E-state index < -0.39 is 12.0 Å². The second kappa shape index (κ2) is 8.37. The number of Topliss-reactive ketones (excluding diaryl/α,β-unsaturated/α-hetero) is 1. The number of hydrogen-bond donors (Lipinski definition) is 1. The zero-order chi connectivity index (χ0) is 21.1. The number of aromatic nitrogens is 1. The van der Waals surface area contributed by atoms with Crippen molar-refractivity contribution in [1.82, 2.24) is 4.98 Å². The molecule has 0 aliphatic carbocycles. The summed E-state index contributed by atoms with van der Waals surface area (Å²) in [7, 11) is 0. The van der Waals surface area contributed by atoms with Crippen LogP contribution in [0.1, 0.15) is 56.9 Å². The van der Waals surface area contributed by atoms with Crippen molar-refractivity contribution >= 4 is 11.7 Å². The topological polar surface area (TPSA) is 91.5 Å². The lowest BCUT2D eigenvalue weighted by atomic mass is 9.96. The molecule has 30 heavy (non-hydrogen) atoms. The number of benzene rings is 2. The summed E-state index contributed by atoms with van der Waals surface area (Å²) in [5.41, 5.74) is 9.12. The molecule has 6 heteroatoms. The van der Waals surface area contributed by atoms with Crippen molar-refractivity contribution in [2.75, 3.05) is 6.61 Å². The average Bonchev–Trinajstić information content (AvgIpc) is 2.77. The third-order valence-electron chi connectivity index (χ3n) is 5.16. The molecule has 1 aromatic heterocycles. The molecule has 0 saturated heterocycles. The molecule has 4 rings (SSSR count). The smallest absolute Gasteiger partial charge is 0.248 e. The zero-order valence-electron chi connectivity index (χ0n) is 16.6. The van der Waals surface area contributed by atoms with Gasteiger partial charge in [0.25, 0.3) is 0 Å². The fourth-order valence-electron chi connectivity index (χ4n) is 3.63. The van der Waals surface area contributed by atoms with Crippen LogP contribution in [0.25, 0.3) is 0 Å². The van der Waals surface area contributed by atoms with E-state index in [1.165, 1.54) is 0 Å². The standard InChI is InChI=1S/C24H22N2O4/c1-2-15-13-19(14-21-22(15)20(27)9-12-29-21)30-23(17-7-10-26-11-8-17)16-3-5-18(6-4-16)24(25)28/h3-8,10-11,13-14,23H,2,9,12H2,1H3,(H2,25,28)/t23-/m0/s1. The summed E-state index contributed by atoms with van der Waals surface area (Å²) >= 11 is 0. The number of carbonyl (C=O) groups is 2. The number of nitrogens with zero attached hydrogens (tertiary/aromatic N) is 1. The van der Waals surface area contributed by atoms with Crippen LogP contribution in [0.4, 0.5) is 0 Å². The lowest BCUT2D eigenvalue weighted by molar-refractivity contribution is 0.0930. The van der Waals surface area contributed by atoms with E-state index in [9.17, 15) is 9.59 Å². The number of rotatable bonds is 6. The number of ether oxygens (including phenoxy) is 2. The van der Waals surface area contributed by atoms with Crippen molar-refractivity contribution in [3.8, 4) is 11.5 Å². The number of amides is 1. The quantitative estimate of drug-likeness (QED) is 0.676. The first-order valence-corrected chi connectivity index (χ1v) is 9.86. The summed E-state index contributed by atoms with van der Waals surface area (Å²) in [6, 6.07) is 14.4. The number of carbonyl (C=O) groups excluding carboxylic acids is 2. The van der Waals surface area contributed by atoms with E-state index in [1.807, 2.05) is 37.3 Å². The highest BCUT2D eigenvalue weighted by atomic mass is 16.5. The maximum absolute atomic E-state index is 12.4. The van der Waals surface area contributed by atoms with Gasteiger partial charge in [0.15, 0.2) is 5.78 Å². The summed E-state index contributed by atoms with van der Waals surface area (Å²) in [4.78, 5) is 27.9. The summed E-state index contributed by atoms with van der Waals surface area (Å²) in [6.07, 6.45) is 4.07. The number of pyridine rings is 1. The number of hydrogen-bond acceptors (Lipinski definition) is 5. The Labute approximate surface area is 174 Å². The Hall–Kier alpha value is -3.67. The molecule has 0 spiro atoms. The molecule has 1 aliphatic rings. The van der Waals surface area contributed by atoms with Gasteiger partial charge >= 0.3 is 0 Å². The first-order valence-electron chi connectivity index (χ1n) is 9.86. The van der Waals surface area contributed by atoms with Gasteiger partial charge in [-0.15, -0.1) is 0 Å². The first-order chi connectivity index (χ1) is 14.6. The van der Waals surface area contributed by atoms with Crippen molar-refractivity contribution in [2.45, 2.75) is 25.9 Å². The van der Waals surface area contributed by atoms with Crippen LogP contribution in [-0.2, 0) is 6.42 Å². The molecule has 2 heterocycles. The molecular formula is C24H22N2O4. The second-order valence-electron chi connectivity index (χ2n) is 7.10. The maximum Gasteiger partial charge on any atom is 0.248 e. The van der Waals surface area contributed by atoms with Crippen LogP contribution < -0.4 is 15.2 Å². The molecule has 0 saturated carbocycles. The normalized spacial score (nSPS) is 13.8. The van der Waals surface area contributed by atoms with Crippen molar-refractivity contribution in [3.05, 3.63) is 88.7 Å². The van der Waals surface area contributed by atoms with E-state index in [4.69, 9.17) is 15.2 Å². The fraction of sp³-hybridized carbons (Fsp3) is 0.208. The molecule has 1 amide bonds. The fourth-order valence-corrected chi connectivity index (χ4v) is 3.63. The molecule has 2 aromatic carbocycles. The Morgan fingerprint density at radius 1 is 1.13 bits per heavy atom. The van der Waals surface area contributed by atoms with Crippen molar-refractivity contribution in [3.63, 3.8) is 0 Å². The van der Waals surface area contributed by atoms with E-state index >= 15 is 0 Å². The summed E-state index contributed by atoms with van der Waals surface area (Å²) < 4.78 is 12.1. The van der Waals surface area contributed by atoms with Crippen LogP contribution in [0, 0.1) is 0 Å². The summed E-state index contributed by atoms with van der Waals surface area (Å²) in [6.45, 7) is 2.38. The minimum atomic E-state index is -0.480. The highest BCUT2D eigenvalue weighted by Crippen LogP contribution is 2.36. The molecule has 0 radical (unpaired) electrons. The Balaban J connectivity index is 1.74. The summed E-state index contributed by atoms with van der Waals surface area (Å²) in [5, 5.41) is 0. The predicted octanol–water partition coefficient (Wildman–Crippen LogP) is 3.88. The van der Waals surface area contributed by atoms with Crippen LogP contribution in [0.2, 0.25) is 0 Å². The van der Waals surface area contributed by atoms with E-state index in [1.54, 1.807) is 30.6 Å². The van der Waals surface area contributed by atoms with Crippen LogP contribution in [-0.4, -0.2) is 23.3 Å². The first kappa shape index (κ1) is 19.6. The Bertz CT molecular complexity index is 1060. The van der Waals surface area contributed by atoms with Gasteiger partial charge in [-0.1, -0.05) is 19.1 Å². The SMILES string of the molecule is CCc1cc(O[C@H](c2ccncc2)c2ccc(C(N)=O)cc2)cc2c1C(=O)CCO2. The largest absolute Gasteiger partial charge is 0.492 e. The van der Waals surface area contributed by atoms with Crippen LogP contribution in [0.15, 0.2) is 60.9 Å². The van der Waals surface area contributed by atoms with Gasteiger partial charge in [-0.25, -0.2) is 0 Å². The molecule has 3 aromatic rings. The molecule has 0 fully saturated rings. The Morgan fingerprint density at radius 3 is 2.50 bits per heavy atom. The molecule has 1 atom stereocenters. The Morgan fingerprint density at radius 2 is 1.83 bits per heavy atom. The van der Waals surface area contributed by atoms with Gasteiger partial charge in [0.05, 0.1) is 12.2 Å². The summed E-state index contributed by atoms with van der Waals surface area (Å²) in [5.74, 6) is 0.804. The third kappa shape index (κ3) is 3.89. The number of aryl methyl sites for hydroxylation is 1. The van der Waals surface area contributed by atoms with Crippen LogP contribution in [0.3, 0.4) is 0 Å². The van der Waals surface area contributed by atoms with Gasteiger partial charge < -0.3 is 15.2 Å². The molecule has 152 valence electrons. The second-order valence-corrected chi connectivity index (χ2v) is 7.10. The van der Waals surface area contributed by atoms with Crippen LogP contribution in [0.5, 0.6) is 11.5 Å². The molecule has 6 nitrogen and oxygen atoms in total. The monoisotopic (exact) mass is 402 g/mol. The highest BCUT2D eigenvalue weighted by molar-refractivity contribution is 6.01. The number of fused-ring (bicyclic) bond motifs is 1. The number of primary amides is 1.